The maximum absolute atomic E-state index is 9.80. The fraction of sp³-hybridized carbons (Fsp3) is 0.333. The first kappa shape index (κ1) is 7.37. The fourth-order valence-corrected chi connectivity index (χ4v) is 1.05. The molecule has 10 heavy (non-hydrogen) atoms. The lowest BCUT2D eigenvalue weighted by Gasteiger charge is -1.92. The van der Waals surface area contributed by atoms with Crippen LogP contribution in [0.4, 0.5) is 0 Å². The molecule has 0 saturated heterocycles. The van der Waals surface area contributed by atoms with E-state index in [0.29, 0.717) is 6.61 Å². The van der Waals surface area contributed by atoms with Gasteiger partial charge in [-0.2, -0.15) is 0 Å². The summed E-state index contributed by atoms with van der Waals surface area (Å²) in [6.45, 7) is 0.654. The molecular formula is C6H7NO2S. The molecule has 0 aliphatic rings. The first-order valence-electron chi connectivity index (χ1n) is 2.82. The van der Waals surface area contributed by atoms with Gasteiger partial charge in [-0.1, -0.05) is 0 Å². The van der Waals surface area contributed by atoms with Crippen LogP contribution in [0.5, 0.6) is 0 Å². The van der Waals surface area contributed by atoms with Crippen molar-refractivity contribution < 1.29 is 9.53 Å². The molecule has 0 radical (unpaired) electrons. The van der Waals surface area contributed by atoms with Crippen LogP contribution in [0.15, 0.2) is 11.7 Å². The van der Waals surface area contributed by atoms with E-state index in [2.05, 4.69) is 4.98 Å². The van der Waals surface area contributed by atoms with E-state index in [0.717, 1.165) is 11.2 Å². The van der Waals surface area contributed by atoms with Gasteiger partial charge in [-0.05, 0) is 0 Å². The van der Waals surface area contributed by atoms with Crippen molar-refractivity contribution in [3.05, 3.63) is 16.6 Å². The normalized spacial score (nSPS) is 9.60. The van der Waals surface area contributed by atoms with Crippen molar-refractivity contribution in [3.8, 4) is 0 Å². The third-order valence-electron chi connectivity index (χ3n) is 0.914. The first-order valence-corrected chi connectivity index (χ1v) is 3.70. The van der Waals surface area contributed by atoms with Crippen LogP contribution in [0.3, 0.4) is 0 Å². The van der Waals surface area contributed by atoms with E-state index in [1.807, 2.05) is 0 Å². The van der Waals surface area contributed by atoms with Crippen LogP contribution in [0, 0.1) is 0 Å². The van der Waals surface area contributed by atoms with Crippen LogP contribution in [0.2, 0.25) is 0 Å². The summed E-state index contributed by atoms with van der Waals surface area (Å²) in [4.78, 5) is 14.7. The molecule has 0 saturated carbocycles. The summed E-state index contributed by atoms with van der Waals surface area (Å²) in [5.41, 5.74) is 1.74. The standard InChI is InChI=1S/C6H7NO2S/c8-1-2-9-4-6-3-7-5-10-6/h1,3,5H,2,4H2. The molecule has 0 aliphatic carbocycles. The monoisotopic (exact) mass is 157 g/mol. The lowest BCUT2D eigenvalue weighted by Crippen LogP contribution is -1.93. The zero-order valence-electron chi connectivity index (χ0n) is 5.32. The molecule has 1 aromatic heterocycles. The predicted octanol–water partition coefficient (Wildman–Crippen LogP) is 0.859. The highest BCUT2D eigenvalue weighted by atomic mass is 32.1. The minimum absolute atomic E-state index is 0.165. The molecule has 1 heterocycles. The average Bonchev–Trinajstić information content (AvgIpc) is 2.41. The minimum atomic E-state index is 0.165. The van der Waals surface area contributed by atoms with E-state index in [4.69, 9.17) is 4.74 Å². The van der Waals surface area contributed by atoms with Gasteiger partial charge >= 0.3 is 0 Å². The van der Waals surface area contributed by atoms with Crippen molar-refractivity contribution >= 4 is 17.6 Å². The Morgan fingerprint density at radius 1 is 1.80 bits per heavy atom. The van der Waals surface area contributed by atoms with Gasteiger partial charge in [-0.3, -0.25) is 4.98 Å². The highest BCUT2D eigenvalue weighted by Crippen LogP contribution is 2.05. The van der Waals surface area contributed by atoms with Gasteiger partial charge in [0.15, 0.2) is 0 Å². The molecular weight excluding hydrogens is 150 g/mol. The highest BCUT2D eigenvalue weighted by Gasteiger charge is 1.92. The lowest BCUT2D eigenvalue weighted by molar-refractivity contribution is -0.112. The van der Waals surface area contributed by atoms with Crippen LogP contribution in [-0.2, 0) is 16.1 Å². The van der Waals surface area contributed by atoms with Crippen molar-refractivity contribution in [2.24, 2.45) is 0 Å². The Morgan fingerprint density at radius 3 is 3.30 bits per heavy atom. The molecule has 0 N–H and O–H groups in total. The zero-order valence-corrected chi connectivity index (χ0v) is 6.13. The van der Waals surface area contributed by atoms with Gasteiger partial charge in [-0.15, -0.1) is 11.3 Å². The molecule has 1 aromatic rings. The van der Waals surface area contributed by atoms with E-state index < -0.39 is 0 Å². The summed E-state index contributed by atoms with van der Waals surface area (Å²) >= 11 is 1.52. The number of nitrogens with zero attached hydrogens (tertiary/aromatic N) is 1. The number of aldehydes is 1. The molecule has 0 aliphatic heterocycles. The molecule has 0 atom stereocenters. The van der Waals surface area contributed by atoms with Crippen LogP contribution < -0.4 is 0 Å². The van der Waals surface area contributed by atoms with E-state index in [-0.39, 0.29) is 6.61 Å². The summed E-state index contributed by atoms with van der Waals surface area (Å²) < 4.78 is 4.93. The second kappa shape index (κ2) is 4.14. The zero-order chi connectivity index (χ0) is 7.23. The second-order valence-corrected chi connectivity index (χ2v) is 2.62. The Bertz CT molecular complexity index is 186. The number of hydrogen-bond donors (Lipinski definition) is 0. The van der Waals surface area contributed by atoms with Gasteiger partial charge in [0.2, 0.25) is 0 Å². The Balaban J connectivity index is 2.21. The number of carbonyl (C=O) groups excluding carboxylic acids is 1. The summed E-state index contributed by atoms with van der Waals surface area (Å²) in [6, 6.07) is 0. The third-order valence-corrected chi connectivity index (χ3v) is 1.67. The minimum Gasteiger partial charge on any atom is -0.368 e. The van der Waals surface area contributed by atoms with Gasteiger partial charge < -0.3 is 9.53 Å². The van der Waals surface area contributed by atoms with E-state index in [9.17, 15) is 4.79 Å². The summed E-state index contributed by atoms with van der Waals surface area (Å²) in [6.07, 6.45) is 2.47. The quantitative estimate of drug-likeness (QED) is 0.480. The van der Waals surface area contributed by atoms with E-state index in [1.54, 1.807) is 11.7 Å². The fourth-order valence-electron chi connectivity index (χ4n) is 0.521. The maximum Gasteiger partial charge on any atom is 0.145 e. The van der Waals surface area contributed by atoms with Crippen molar-refractivity contribution in [3.63, 3.8) is 0 Å². The van der Waals surface area contributed by atoms with Crippen molar-refractivity contribution in [2.45, 2.75) is 6.61 Å². The number of carbonyl (C=O) groups is 1. The van der Waals surface area contributed by atoms with E-state index in [1.165, 1.54) is 11.3 Å². The molecule has 54 valence electrons. The Labute approximate surface area is 62.7 Å². The van der Waals surface area contributed by atoms with Gasteiger partial charge in [-0.25, -0.2) is 0 Å². The van der Waals surface area contributed by atoms with Crippen LogP contribution in [0.1, 0.15) is 4.88 Å². The first-order chi connectivity index (χ1) is 4.93. The van der Waals surface area contributed by atoms with Gasteiger partial charge in [0, 0.05) is 6.20 Å². The largest absolute Gasteiger partial charge is 0.368 e. The number of rotatable bonds is 4. The molecule has 0 amide bonds. The Morgan fingerprint density at radius 2 is 2.70 bits per heavy atom. The maximum atomic E-state index is 9.80. The van der Waals surface area contributed by atoms with Crippen LogP contribution >= 0.6 is 11.3 Å². The predicted molar refractivity (Wildman–Crippen MR) is 37.8 cm³/mol. The molecule has 0 bridgehead atoms. The highest BCUT2D eigenvalue weighted by molar-refractivity contribution is 7.09. The Kier molecular flexibility index (Phi) is 3.05. The van der Waals surface area contributed by atoms with Gasteiger partial charge in [0.05, 0.1) is 17.0 Å². The molecule has 0 fully saturated rings. The average molecular weight is 157 g/mol. The summed E-state index contributed by atoms with van der Waals surface area (Å²) in [5.74, 6) is 0. The Hall–Kier alpha value is -0.740. The molecule has 3 nitrogen and oxygen atoms in total. The van der Waals surface area contributed by atoms with Gasteiger partial charge in [0.25, 0.3) is 0 Å². The number of thiazole rings is 1. The third kappa shape index (κ3) is 2.24. The van der Waals surface area contributed by atoms with Gasteiger partial charge in [0.1, 0.15) is 12.9 Å². The number of hydrogen-bond acceptors (Lipinski definition) is 4. The van der Waals surface area contributed by atoms with Crippen molar-refractivity contribution in [1.82, 2.24) is 4.98 Å². The number of aromatic nitrogens is 1. The molecule has 0 unspecified atom stereocenters. The smallest absolute Gasteiger partial charge is 0.145 e. The van der Waals surface area contributed by atoms with Crippen molar-refractivity contribution in [1.29, 1.82) is 0 Å². The second-order valence-electron chi connectivity index (χ2n) is 1.65. The lowest BCUT2D eigenvalue weighted by atomic mass is 10.6. The number of ether oxygens (including phenoxy) is 1. The summed E-state index contributed by atoms with van der Waals surface area (Å²) in [7, 11) is 0. The van der Waals surface area contributed by atoms with Crippen molar-refractivity contribution in [2.75, 3.05) is 6.61 Å². The summed E-state index contributed by atoms with van der Waals surface area (Å²) in [5, 5.41) is 0. The SMILES string of the molecule is O=CCOCc1cncs1. The topological polar surface area (TPSA) is 39.2 Å². The van der Waals surface area contributed by atoms with E-state index >= 15 is 0 Å². The molecule has 0 aromatic carbocycles. The van der Waals surface area contributed by atoms with Crippen LogP contribution in [0.25, 0.3) is 0 Å². The van der Waals surface area contributed by atoms with Crippen LogP contribution in [-0.4, -0.2) is 17.9 Å². The molecule has 4 heteroatoms. The molecule has 0 spiro atoms. The molecule has 1 rings (SSSR count).